The Bertz CT molecular complexity index is 846. The molecule has 0 saturated heterocycles. The number of aromatic nitrogens is 2. The monoisotopic (exact) mass is 299 g/mol. The molecule has 0 amide bonds. The van der Waals surface area contributed by atoms with Crippen molar-refractivity contribution < 1.29 is 4.39 Å². The Balaban J connectivity index is 1.73. The van der Waals surface area contributed by atoms with Crippen molar-refractivity contribution in [2.75, 3.05) is 5.32 Å². The van der Waals surface area contributed by atoms with Gasteiger partial charge in [0.1, 0.15) is 5.82 Å². The molecular formula is C16H14FN3S. The first-order valence-corrected chi connectivity index (χ1v) is 6.92. The zero-order chi connectivity index (χ0) is 14.8. The molecule has 3 nitrogen and oxygen atoms in total. The fraction of sp³-hybridized carbons (Fsp3) is 0.0625. The molecular weight excluding hydrogens is 285 g/mol. The maximum atomic E-state index is 12.9. The number of aromatic amines is 2. The highest BCUT2D eigenvalue weighted by Gasteiger charge is 2.02. The second-order valence-corrected chi connectivity index (χ2v) is 5.28. The number of nitrogens with one attached hydrogen (secondary N) is 3. The lowest BCUT2D eigenvalue weighted by Crippen LogP contribution is -2.01. The third-order valence-corrected chi connectivity index (χ3v) is 3.37. The van der Waals surface area contributed by atoms with Gasteiger partial charge < -0.3 is 15.3 Å². The molecule has 2 aromatic carbocycles. The number of benzene rings is 2. The normalized spacial score (nSPS) is 10.7. The average molecular weight is 299 g/mol. The lowest BCUT2D eigenvalue weighted by atomic mass is 10.1. The van der Waals surface area contributed by atoms with Crippen LogP contribution in [0.4, 0.5) is 10.1 Å². The molecule has 0 spiro atoms. The maximum Gasteiger partial charge on any atom is 0.175 e. The minimum absolute atomic E-state index is 0.231. The van der Waals surface area contributed by atoms with Crippen LogP contribution in [0, 0.1) is 10.6 Å². The summed E-state index contributed by atoms with van der Waals surface area (Å²) in [5, 5.41) is 3.25. The summed E-state index contributed by atoms with van der Waals surface area (Å²) in [5.74, 6) is -0.231. The molecule has 0 aliphatic carbocycles. The summed E-state index contributed by atoms with van der Waals surface area (Å²) in [6.07, 6.45) is 0.640. The van der Waals surface area contributed by atoms with Gasteiger partial charge in [0, 0.05) is 17.8 Å². The fourth-order valence-electron chi connectivity index (χ4n) is 2.21. The van der Waals surface area contributed by atoms with Crippen LogP contribution in [-0.4, -0.2) is 9.97 Å². The second kappa shape index (κ2) is 5.54. The first-order chi connectivity index (χ1) is 10.1. The molecule has 0 fully saturated rings. The highest BCUT2D eigenvalue weighted by atomic mass is 32.1. The summed E-state index contributed by atoms with van der Waals surface area (Å²) >= 11 is 5.06. The third kappa shape index (κ3) is 3.20. The SMILES string of the molecule is C=C(Cc1ccc(F)cc1)Nc1ccc2[nH]c(=S)[nH]c2c1. The standard InChI is InChI=1S/C16H14FN3S/c1-10(8-11-2-4-12(17)5-3-11)18-13-6-7-14-15(9-13)20-16(21)19-14/h2-7,9,18H,1,8H2,(H2,19,20,21). The highest BCUT2D eigenvalue weighted by molar-refractivity contribution is 7.71. The second-order valence-electron chi connectivity index (χ2n) is 4.87. The molecule has 0 unspecified atom stereocenters. The molecule has 5 heteroatoms. The van der Waals surface area contributed by atoms with Crippen molar-refractivity contribution in [3.05, 3.63) is 70.9 Å². The van der Waals surface area contributed by atoms with Gasteiger partial charge in [-0.1, -0.05) is 18.7 Å². The van der Waals surface area contributed by atoms with Crippen molar-refractivity contribution in [3.8, 4) is 0 Å². The molecule has 0 atom stereocenters. The predicted octanol–water partition coefficient (Wildman–Crippen LogP) is 4.53. The Morgan fingerprint density at radius 3 is 2.57 bits per heavy atom. The van der Waals surface area contributed by atoms with Gasteiger partial charge in [-0.25, -0.2) is 4.39 Å². The number of anilines is 1. The van der Waals surface area contributed by atoms with E-state index in [1.54, 1.807) is 12.1 Å². The van der Waals surface area contributed by atoms with Crippen LogP contribution in [0.25, 0.3) is 11.0 Å². The van der Waals surface area contributed by atoms with Gasteiger partial charge in [0.2, 0.25) is 0 Å². The quantitative estimate of drug-likeness (QED) is 0.620. The van der Waals surface area contributed by atoms with Crippen LogP contribution in [0.1, 0.15) is 5.56 Å². The number of fused-ring (bicyclic) bond motifs is 1. The van der Waals surface area contributed by atoms with Crippen molar-refractivity contribution in [1.29, 1.82) is 0 Å². The lowest BCUT2D eigenvalue weighted by molar-refractivity contribution is 0.627. The van der Waals surface area contributed by atoms with Gasteiger partial charge in [-0.05, 0) is 48.1 Å². The van der Waals surface area contributed by atoms with Crippen molar-refractivity contribution in [2.24, 2.45) is 0 Å². The Morgan fingerprint density at radius 2 is 1.81 bits per heavy atom. The molecule has 3 N–H and O–H groups in total. The van der Waals surface area contributed by atoms with E-state index < -0.39 is 0 Å². The molecule has 0 saturated carbocycles. The number of hydrogen-bond donors (Lipinski definition) is 3. The third-order valence-electron chi connectivity index (χ3n) is 3.17. The Hall–Kier alpha value is -2.40. The molecule has 0 bridgehead atoms. The van der Waals surface area contributed by atoms with Crippen LogP contribution in [0.3, 0.4) is 0 Å². The minimum Gasteiger partial charge on any atom is -0.359 e. The largest absolute Gasteiger partial charge is 0.359 e. The molecule has 3 aromatic rings. The van der Waals surface area contributed by atoms with Gasteiger partial charge in [-0.15, -0.1) is 0 Å². The smallest absolute Gasteiger partial charge is 0.175 e. The van der Waals surface area contributed by atoms with Gasteiger partial charge in [0.15, 0.2) is 4.77 Å². The first-order valence-electron chi connectivity index (χ1n) is 6.51. The number of hydrogen-bond acceptors (Lipinski definition) is 2. The molecule has 106 valence electrons. The minimum atomic E-state index is -0.231. The van der Waals surface area contributed by atoms with E-state index in [0.717, 1.165) is 28.0 Å². The predicted molar refractivity (Wildman–Crippen MR) is 86.4 cm³/mol. The van der Waals surface area contributed by atoms with Gasteiger partial charge in [-0.3, -0.25) is 0 Å². The molecule has 0 aliphatic rings. The summed E-state index contributed by atoms with van der Waals surface area (Å²) in [6.45, 7) is 4.01. The van der Waals surface area contributed by atoms with Crippen LogP contribution in [-0.2, 0) is 6.42 Å². The van der Waals surface area contributed by atoms with Gasteiger partial charge in [0.25, 0.3) is 0 Å². The zero-order valence-electron chi connectivity index (χ0n) is 11.2. The topological polar surface area (TPSA) is 43.6 Å². The number of imidazole rings is 1. The molecule has 1 heterocycles. The Labute approximate surface area is 126 Å². The van der Waals surface area contributed by atoms with E-state index in [4.69, 9.17) is 12.2 Å². The molecule has 0 aliphatic heterocycles. The van der Waals surface area contributed by atoms with Crippen LogP contribution in [0.2, 0.25) is 0 Å². The van der Waals surface area contributed by atoms with Crippen LogP contribution in [0.15, 0.2) is 54.7 Å². The lowest BCUT2D eigenvalue weighted by Gasteiger charge is -2.10. The van der Waals surface area contributed by atoms with E-state index in [-0.39, 0.29) is 5.82 Å². The van der Waals surface area contributed by atoms with Crippen molar-refractivity contribution in [2.45, 2.75) is 6.42 Å². The first kappa shape index (κ1) is 13.6. The highest BCUT2D eigenvalue weighted by Crippen LogP contribution is 2.18. The van der Waals surface area contributed by atoms with E-state index in [0.29, 0.717) is 11.2 Å². The maximum absolute atomic E-state index is 12.9. The van der Waals surface area contributed by atoms with E-state index in [9.17, 15) is 4.39 Å². The molecule has 0 radical (unpaired) electrons. The van der Waals surface area contributed by atoms with Crippen LogP contribution in [0.5, 0.6) is 0 Å². The van der Waals surface area contributed by atoms with Crippen molar-refractivity contribution in [1.82, 2.24) is 9.97 Å². The van der Waals surface area contributed by atoms with E-state index in [1.807, 2.05) is 18.2 Å². The number of halogens is 1. The number of allylic oxidation sites excluding steroid dienone is 1. The Kier molecular flexibility index (Phi) is 3.58. The summed E-state index contributed by atoms with van der Waals surface area (Å²) < 4.78 is 13.5. The van der Waals surface area contributed by atoms with E-state index in [2.05, 4.69) is 21.9 Å². The van der Waals surface area contributed by atoms with Crippen molar-refractivity contribution >= 4 is 28.9 Å². The van der Waals surface area contributed by atoms with E-state index in [1.165, 1.54) is 12.1 Å². The van der Waals surface area contributed by atoms with Gasteiger partial charge >= 0.3 is 0 Å². The molecule has 3 rings (SSSR count). The summed E-state index contributed by atoms with van der Waals surface area (Å²) in [4.78, 5) is 6.13. The Morgan fingerprint density at radius 1 is 1.10 bits per heavy atom. The summed E-state index contributed by atoms with van der Waals surface area (Å²) in [6, 6.07) is 12.3. The van der Waals surface area contributed by atoms with Crippen LogP contribution >= 0.6 is 12.2 Å². The molecule has 1 aromatic heterocycles. The number of rotatable bonds is 4. The van der Waals surface area contributed by atoms with Gasteiger partial charge in [0.05, 0.1) is 11.0 Å². The van der Waals surface area contributed by atoms with Gasteiger partial charge in [-0.2, -0.15) is 0 Å². The van der Waals surface area contributed by atoms with Crippen LogP contribution < -0.4 is 5.32 Å². The summed E-state index contributed by atoms with van der Waals surface area (Å²) in [5.41, 5.74) is 4.69. The molecule has 21 heavy (non-hydrogen) atoms. The van der Waals surface area contributed by atoms with E-state index >= 15 is 0 Å². The average Bonchev–Trinajstić information content (AvgIpc) is 2.80. The fourth-order valence-corrected chi connectivity index (χ4v) is 2.43. The zero-order valence-corrected chi connectivity index (χ0v) is 12.1. The number of H-pyrrole nitrogens is 2. The van der Waals surface area contributed by atoms with Crippen molar-refractivity contribution in [3.63, 3.8) is 0 Å². The summed E-state index contributed by atoms with van der Waals surface area (Å²) in [7, 11) is 0.